The molecule has 1 aromatic rings. The van der Waals surface area contributed by atoms with Gasteiger partial charge in [0.15, 0.2) is 0 Å². The average Bonchev–Trinajstić information content (AvgIpc) is 2.65. The van der Waals surface area contributed by atoms with Gasteiger partial charge in [0.1, 0.15) is 0 Å². The van der Waals surface area contributed by atoms with E-state index in [1.807, 2.05) is 39.0 Å². The van der Waals surface area contributed by atoms with Crippen molar-refractivity contribution in [3.8, 4) is 0 Å². The predicted octanol–water partition coefficient (Wildman–Crippen LogP) is 1.27. The maximum atomic E-state index is 12.1. The molecular formula is C14H19N3O2. The lowest BCUT2D eigenvalue weighted by Crippen LogP contribution is -2.42. The van der Waals surface area contributed by atoms with Gasteiger partial charge in [-0.2, -0.15) is 0 Å². The predicted molar refractivity (Wildman–Crippen MR) is 71.2 cm³/mol. The number of aromatic nitrogens is 1. The topological polar surface area (TPSA) is 62.3 Å². The summed E-state index contributed by atoms with van der Waals surface area (Å²) in [6.45, 7) is 5.64. The van der Waals surface area contributed by atoms with Gasteiger partial charge >= 0.3 is 0 Å². The molecule has 1 aromatic heterocycles. The molecule has 2 unspecified atom stereocenters. The molecule has 0 spiro atoms. The molecule has 1 N–H and O–H groups in total. The van der Waals surface area contributed by atoms with Gasteiger partial charge in [-0.15, -0.1) is 0 Å². The van der Waals surface area contributed by atoms with Gasteiger partial charge in [0.05, 0.1) is 18.2 Å². The van der Waals surface area contributed by atoms with Crippen LogP contribution < -0.4 is 5.32 Å². The molecule has 5 nitrogen and oxygen atoms in total. The number of hydrogen-bond acceptors (Lipinski definition) is 4. The third-order valence-corrected chi connectivity index (χ3v) is 3.28. The van der Waals surface area contributed by atoms with Crippen molar-refractivity contribution in [2.75, 3.05) is 0 Å². The summed E-state index contributed by atoms with van der Waals surface area (Å²) < 4.78 is 0. The van der Waals surface area contributed by atoms with Gasteiger partial charge < -0.3 is 0 Å². The Morgan fingerprint density at radius 2 is 2.05 bits per heavy atom. The SMILES string of the molecule is CC(NC1CC(=O)N(C(C)C)C1=O)c1ccccn1. The smallest absolute Gasteiger partial charge is 0.247 e. The normalized spacial score (nSPS) is 21.3. The number of likely N-dealkylation sites (tertiary alicyclic amines) is 1. The first kappa shape index (κ1) is 13.7. The zero-order valence-corrected chi connectivity index (χ0v) is 11.5. The van der Waals surface area contributed by atoms with Gasteiger partial charge in [0.2, 0.25) is 11.8 Å². The number of nitrogens with zero attached hydrogens (tertiary/aromatic N) is 2. The Hall–Kier alpha value is -1.75. The molecule has 19 heavy (non-hydrogen) atoms. The van der Waals surface area contributed by atoms with E-state index in [2.05, 4.69) is 10.3 Å². The molecule has 0 saturated carbocycles. The maximum absolute atomic E-state index is 12.1. The van der Waals surface area contributed by atoms with Crippen molar-refractivity contribution in [2.45, 2.75) is 45.3 Å². The van der Waals surface area contributed by atoms with Gasteiger partial charge in [0.25, 0.3) is 0 Å². The molecule has 1 aliphatic rings. The Labute approximate surface area is 113 Å². The van der Waals surface area contributed by atoms with E-state index in [0.717, 1.165) is 5.69 Å². The Bertz CT molecular complexity index is 473. The van der Waals surface area contributed by atoms with Crippen LogP contribution in [0.5, 0.6) is 0 Å². The van der Waals surface area contributed by atoms with Crippen LogP contribution in [-0.4, -0.2) is 33.8 Å². The highest BCUT2D eigenvalue weighted by atomic mass is 16.2. The van der Waals surface area contributed by atoms with Crippen molar-refractivity contribution in [3.05, 3.63) is 30.1 Å². The molecule has 5 heteroatoms. The van der Waals surface area contributed by atoms with E-state index in [0.29, 0.717) is 0 Å². The number of nitrogens with one attached hydrogen (secondary N) is 1. The van der Waals surface area contributed by atoms with E-state index in [1.165, 1.54) is 4.90 Å². The highest BCUT2D eigenvalue weighted by Gasteiger charge is 2.40. The highest BCUT2D eigenvalue weighted by Crippen LogP contribution is 2.19. The molecule has 1 fully saturated rings. The molecule has 1 aliphatic heterocycles. The van der Waals surface area contributed by atoms with Crippen LogP contribution in [0.15, 0.2) is 24.4 Å². The molecule has 102 valence electrons. The summed E-state index contributed by atoms with van der Waals surface area (Å²) in [6.07, 6.45) is 1.95. The van der Waals surface area contributed by atoms with E-state index in [9.17, 15) is 9.59 Å². The Morgan fingerprint density at radius 1 is 1.32 bits per heavy atom. The van der Waals surface area contributed by atoms with Crippen LogP contribution in [0.4, 0.5) is 0 Å². The van der Waals surface area contributed by atoms with E-state index in [4.69, 9.17) is 0 Å². The fourth-order valence-corrected chi connectivity index (χ4v) is 2.34. The Balaban J connectivity index is 2.05. The van der Waals surface area contributed by atoms with Crippen molar-refractivity contribution in [3.63, 3.8) is 0 Å². The van der Waals surface area contributed by atoms with Crippen molar-refractivity contribution < 1.29 is 9.59 Å². The largest absolute Gasteiger partial charge is 0.297 e. The average molecular weight is 261 g/mol. The molecule has 2 amide bonds. The molecule has 0 aliphatic carbocycles. The lowest BCUT2D eigenvalue weighted by molar-refractivity contribution is -0.140. The molecule has 0 bridgehead atoms. The van der Waals surface area contributed by atoms with Gasteiger partial charge in [-0.1, -0.05) is 6.07 Å². The highest BCUT2D eigenvalue weighted by molar-refractivity contribution is 6.05. The number of carbonyl (C=O) groups excluding carboxylic acids is 2. The second-order valence-electron chi connectivity index (χ2n) is 5.10. The van der Waals surface area contributed by atoms with Crippen LogP contribution in [0.2, 0.25) is 0 Å². The molecule has 2 atom stereocenters. The van der Waals surface area contributed by atoms with Gasteiger partial charge in [0, 0.05) is 18.3 Å². The zero-order valence-electron chi connectivity index (χ0n) is 11.5. The second kappa shape index (κ2) is 5.48. The molecule has 2 heterocycles. The summed E-state index contributed by atoms with van der Waals surface area (Å²) >= 11 is 0. The number of pyridine rings is 1. The van der Waals surface area contributed by atoms with E-state index >= 15 is 0 Å². The van der Waals surface area contributed by atoms with Crippen LogP contribution >= 0.6 is 0 Å². The molecular weight excluding hydrogens is 242 g/mol. The van der Waals surface area contributed by atoms with Crippen LogP contribution in [-0.2, 0) is 9.59 Å². The molecule has 0 aromatic carbocycles. The summed E-state index contributed by atoms with van der Waals surface area (Å²) in [7, 11) is 0. The minimum atomic E-state index is -0.438. The second-order valence-corrected chi connectivity index (χ2v) is 5.10. The van der Waals surface area contributed by atoms with Crippen LogP contribution in [0, 0.1) is 0 Å². The molecule has 2 rings (SSSR count). The number of rotatable bonds is 4. The lowest BCUT2D eigenvalue weighted by atomic mass is 10.1. The summed E-state index contributed by atoms with van der Waals surface area (Å²) in [5.74, 6) is -0.242. The van der Waals surface area contributed by atoms with E-state index in [1.54, 1.807) is 6.20 Å². The summed E-state index contributed by atoms with van der Waals surface area (Å²) in [5, 5.41) is 3.19. The van der Waals surface area contributed by atoms with Crippen molar-refractivity contribution in [2.24, 2.45) is 0 Å². The summed E-state index contributed by atoms with van der Waals surface area (Å²) in [6, 6.07) is 5.07. The first-order valence-corrected chi connectivity index (χ1v) is 6.53. The first-order chi connectivity index (χ1) is 9.00. The third-order valence-electron chi connectivity index (χ3n) is 3.28. The fourth-order valence-electron chi connectivity index (χ4n) is 2.34. The zero-order chi connectivity index (χ0) is 14.0. The standard InChI is InChI=1S/C14H19N3O2/c1-9(2)17-13(18)8-12(14(17)19)16-10(3)11-6-4-5-7-15-11/h4-7,9-10,12,16H,8H2,1-3H3. The first-order valence-electron chi connectivity index (χ1n) is 6.53. The minimum absolute atomic E-state index is 0.0601. The number of imide groups is 1. The quantitative estimate of drug-likeness (QED) is 0.829. The van der Waals surface area contributed by atoms with Crippen LogP contribution in [0.3, 0.4) is 0 Å². The maximum Gasteiger partial charge on any atom is 0.247 e. The van der Waals surface area contributed by atoms with Crippen molar-refractivity contribution >= 4 is 11.8 Å². The molecule has 0 radical (unpaired) electrons. The monoisotopic (exact) mass is 261 g/mol. The molecule has 1 saturated heterocycles. The number of carbonyl (C=O) groups is 2. The third kappa shape index (κ3) is 2.81. The van der Waals surface area contributed by atoms with Gasteiger partial charge in [-0.25, -0.2) is 0 Å². The van der Waals surface area contributed by atoms with E-state index in [-0.39, 0.29) is 30.3 Å². The minimum Gasteiger partial charge on any atom is -0.297 e. The van der Waals surface area contributed by atoms with Crippen LogP contribution in [0.1, 0.15) is 38.9 Å². The Morgan fingerprint density at radius 3 is 2.58 bits per heavy atom. The lowest BCUT2D eigenvalue weighted by Gasteiger charge is -2.21. The van der Waals surface area contributed by atoms with Gasteiger partial charge in [-0.05, 0) is 32.9 Å². The van der Waals surface area contributed by atoms with Crippen LogP contribution in [0.25, 0.3) is 0 Å². The van der Waals surface area contributed by atoms with E-state index < -0.39 is 6.04 Å². The summed E-state index contributed by atoms with van der Waals surface area (Å²) in [4.78, 5) is 29.5. The fraction of sp³-hybridized carbons (Fsp3) is 0.500. The number of hydrogen-bond donors (Lipinski definition) is 1. The summed E-state index contributed by atoms with van der Waals surface area (Å²) in [5.41, 5.74) is 0.866. The van der Waals surface area contributed by atoms with Gasteiger partial charge in [-0.3, -0.25) is 24.8 Å². The van der Waals surface area contributed by atoms with Crippen molar-refractivity contribution in [1.29, 1.82) is 0 Å². The Kier molecular flexibility index (Phi) is 3.95. The number of amides is 2. The van der Waals surface area contributed by atoms with Crippen molar-refractivity contribution in [1.82, 2.24) is 15.2 Å².